The van der Waals surface area contributed by atoms with Crippen LogP contribution in [0.15, 0.2) is 18.6 Å². The summed E-state index contributed by atoms with van der Waals surface area (Å²) in [6.07, 6.45) is 6.42. The van der Waals surface area contributed by atoms with Gasteiger partial charge in [-0.05, 0) is 13.0 Å². The van der Waals surface area contributed by atoms with Crippen LogP contribution in [0.25, 0.3) is 0 Å². The van der Waals surface area contributed by atoms with Crippen molar-refractivity contribution in [2.75, 3.05) is 25.0 Å². The molecule has 4 nitrogen and oxygen atoms in total. The number of nitrogens with zero attached hydrogens (tertiary/aromatic N) is 3. The molecule has 0 aromatic carbocycles. The molecule has 0 spiro atoms. The molecule has 1 saturated heterocycles. The Bertz CT molecular complexity index is 261. The van der Waals surface area contributed by atoms with E-state index in [0.29, 0.717) is 6.04 Å². The fraction of sp³-hybridized carbons (Fsp3) is 0.556. The largest absolute Gasteiger partial charge is 0.354 e. The number of aromatic nitrogens is 2. The van der Waals surface area contributed by atoms with Gasteiger partial charge < -0.3 is 10.2 Å². The highest BCUT2D eigenvalue weighted by Crippen LogP contribution is 2.13. The molecule has 14 heavy (non-hydrogen) atoms. The predicted molar refractivity (Wildman–Crippen MR) is 59.0 cm³/mol. The molecule has 0 amide bonds. The van der Waals surface area contributed by atoms with Crippen molar-refractivity contribution in [1.29, 1.82) is 0 Å². The molecule has 1 N–H and O–H groups in total. The van der Waals surface area contributed by atoms with Gasteiger partial charge in [0.1, 0.15) is 5.82 Å². The monoisotopic (exact) mass is 214 g/mol. The average molecular weight is 215 g/mol. The highest BCUT2D eigenvalue weighted by molar-refractivity contribution is 5.85. The third kappa shape index (κ3) is 2.33. The van der Waals surface area contributed by atoms with Gasteiger partial charge in [0.2, 0.25) is 0 Å². The van der Waals surface area contributed by atoms with Gasteiger partial charge in [-0.25, -0.2) is 4.98 Å². The fourth-order valence-corrected chi connectivity index (χ4v) is 1.63. The molecule has 0 bridgehead atoms. The molecular formula is C9H15ClN4. The van der Waals surface area contributed by atoms with E-state index in [1.165, 1.54) is 6.42 Å². The first kappa shape index (κ1) is 11.2. The first-order valence-corrected chi connectivity index (χ1v) is 4.57. The minimum absolute atomic E-state index is 0. The standard InChI is InChI=1S/C9H14N4.ClH/c1-13(8-2-3-10-6-8)9-7-11-4-5-12-9;/h4-5,7-8,10H,2-3,6H2,1H3;1H. The lowest BCUT2D eigenvalue weighted by atomic mass is 10.2. The van der Waals surface area contributed by atoms with Crippen LogP contribution < -0.4 is 10.2 Å². The van der Waals surface area contributed by atoms with Gasteiger partial charge in [0.05, 0.1) is 6.20 Å². The van der Waals surface area contributed by atoms with Gasteiger partial charge in [0.15, 0.2) is 0 Å². The van der Waals surface area contributed by atoms with E-state index in [4.69, 9.17) is 0 Å². The van der Waals surface area contributed by atoms with Gasteiger partial charge in [-0.15, -0.1) is 12.4 Å². The summed E-state index contributed by atoms with van der Waals surface area (Å²) in [6.45, 7) is 2.16. The van der Waals surface area contributed by atoms with E-state index in [9.17, 15) is 0 Å². The van der Waals surface area contributed by atoms with E-state index in [-0.39, 0.29) is 12.4 Å². The third-order valence-corrected chi connectivity index (χ3v) is 2.49. The van der Waals surface area contributed by atoms with E-state index in [1.807, 2.05) is 0 Å². The van der Waals surface area contributed by atoms with Gasteiger partial charge in [-0.1, -0.05) is 0 Å². The number of nitrogens with one attached hydrogen (secondary N) is 1. The first-order chi connectivity index (χ1) is 6.38. The van der Waals surface area contributed by atoms with Crippen LogP contribution in [0.3, 0.4) is 0 Å². The van der Waals surface area contributed by atoms with E-state index < -0.39 is 0 Å². The maximum atomic E-state index is 4.26. The lowest BCUT2D eigenvalue weighted by Crippen LogP contribution is -2.33. The van der Waals surface area contributed by atoms with Crippen molar-refractivity contribution in [3.8, 4) is 0 Å². The van der Waals surface area contributed by atoms with Crippen molar-refractivity contribution in [2.45, 2.75) is 12.5 Å². The highest BCUT2D eigenvalue weighted by Gasteiger charge is 2.19. The minimum Gasteiger partial charge on any atom is -0.354 e. The normalized spacial score (nSPS) is 20.2. The lowest BCUT2D eigenvalue weighted by molar-refractivity contribution is 0.676. The molecule has 0 aliphatic carbocycles. The molecule has 1 aliphatic rings. The van der Waals surface area contributed by atoms with Gasteiger partial charge in [0.25, 0.3) is 0 Å². The van der Waals surface area contributed by atoms with Crippen molar-refractivity contribution in [3.63, 3.8) is 0 Å². The Hall–Kier alpha value is -0.870. The summed E-state index contributed by atoms with van der Waals surface area (Å²) in [7, 11) is 2.07. The Morgan fingerprint density at radius 3 is 2.93 bits per heavy atom. The predicted octanol–water partition coefficient (Wildman–Crippen LogP) is 0.696. The lowest BCUT2D eigenvalue weighted by Gasteiger charge is -2.23. The van der Waals surface area contributed by atoms with E-state index in [2.05, 4.69) is 27.2 Å². The van der Waals surface area contributed by atoms with Gasteiger partial charge >= 0.3 is 0 Å². The SMILES string of the molecule is CN(c1cnccn1)C1CCNC1.Cl. The van der Waals surface area contributed by atoms with Crippen LogP contribution in [0, 0.1) is 0 Å². The zero-order chi connectivity index (χ0) is 9.10. The summed E-state index contributed by atoms with van der Waals surface area (Å²) in [5.41, 5.74) is 0. The summed E-state index contributed by atoms with van der Waals surface area (Å²) >= 11 is 0. The summed E-state index contributed by atoms with van der Waals surface area (Å²) in [5.74, 6) is 0.955. The van der Waals surface area contributed by atoms with Crippen molar-refractivity contribution in [1.82, 2.24) is 15.3 Å². The molecule has 1 aromatic rings. The second-order valence-corrected chi connectivity index (χ2v) is 3.32. The van der Waals surface area contributed by atoms with E-state index >= 15 is 0 Å². The Morgan fingerprint density at radius 1 is 1.50 bits per heavy atom. The summed E-state index contributed by atoms with van der Waals surface area (Å²) in [4.78, 5) is 10.5. The molecule has 0 radical (unpaired) electrons. The zero-order valence-electron chi connectivity index (χ0n) is 8.18. The third-order valence-electron chi connectivity index (χ3n) is 2.49. The molecule has 1 unspecified atom stereocenters. The number of rotatable bonds is 2. The van der Waals surface area contributed by atoms with Gasteiger partial charge in [-0.2, -0.15) is 0 Å². The van der Waals surface area contributed by atoms with Crippen LogP contribution in [-0.2, 0) is 0 Å². The van der Waals surface area contributed by atoms with Crippen molar-refractivity contribution in [3.05, 3.63) is 18.6 Å². The topological polar surface area (TPSA) is 41.1 Å². The molecule has 2 heterocycles. The molecule has 0 saturated carbocycles. The van der Waals surface area contributed by atoms with Crippen LogP contribution in [0.5, 0.6) is 0 Å². The van der Waals surface area contributed by atoms with Crippen LogP contribution in [0.1, 0.15) is 6.42 Å². The first-order valence-electron chi connectivity index (χ1n) is 4.57. The van der Waals surface area contributed by atoms with Crippen molar-refractivity contribution < 1.29 is 0 Å². The number of likely N-dealkylation sites (N-methyl/N-ethyl adjacent to an activating group) is 1. The number of halogens is 1. The molecular weight excluding hydrogens is 200 g/mol. The maximum absolute atomic E-state index is 4.26. The van der Waals surface area contributed by atoms with Crippen LogP contribution in [0.4, 0.5) is 5.82 Å². The fourth-order valence-electron chi connectivity index (χ4n) is 1.63. The Morgan fingerprint density at radius 2 is 2.36 bits per heavy atom. The molecule has 78 valence electrons. The number of hydrogen-bond donors (Lipinski definition) is 1. The second-order valence-electron chi connectivity index (χ2n) is 3.32. The molecule has 1 aromatic heterocycles. The number of anilines is 1. The molecule has 2 rings (SSSR count). The Balaban J connectivity index is 0.000000980. The quantitative estimate of drug-likeness (QED) is 0.787. The van der Waals surface area contributed by atoms with Crippen LogP contribution in [0.2, 0.25) is 0 Å². The molecule has 1 fully saturated rings. The second kappa shape index (κ2) is 5.12. The minimum atomic E-state index is 0. The van der Waals surface area contributed by atoms with Crippen LogP contribution >= 0.6 is 12.4 Å². The molecule has 1 atom stereocenters. The van der Waals surface area contributed by atoms with Crippen LogP contribution in [-0.4, -0.2) is 36.1 Å². The molecule has 5 heteroatoms. The van der Waals surface area contributed by atoms with Crippen molar-refractivity contribution >= 4 is 18.2 Å². The van der Waals surface area contributed by atoms with E-state index in [1.54, 1.807) is 18.6 Å². The zero-order valence-corrected chi connectivity index (χ0v) is 9.00. The Labute approximate surface area is 90.2 Å². The average Bonchev–Trinajstić information content (AvgIpc) is 2.71. The van der Waals surface area contributed by atoms with Crippen molar-refractivity contribution in [2.24, 2.45) is 0 Å². The summed E-state index contributed by atoms with van der Waals surface area (Å²) in [5, 5.41) is 3.33. The van der Waals surface area contributed by atoms with Gasteiger partial charge in [-0.3, -0.25) is 4.98 Å². The van der Waals surface area contributed by atoms with Gasteiger partial charge in [0, 0.05) is 32.0 Å². The van der Waals surface area contributed by atoms with E-state index in [0.717, 1.165) is 18.9 Å². The number of hydrogen-bond acceptors (Lipinski definition) is 4. The summed E-state index contributed by atoms with van der Waals surface area (Å²) < 4.78 is 0. The highest BCUT2D eigenvalue weighted by atomic mass is 35.5. The maximum Gasteiger partial charge on any atom is 0.147 e. The Kier molecular flexibility index (Phi) is 4.10. The summed E-state index contributed by atoms with van der Waals surface area (Å²) in [6, 6.07) is 0.566. The molecule has 1 aliphatic heterocycles. The smallest absolute Gasteiger partial charge is 0.147 e.